The van der Waals surface area contributed by atoms with Crippen molar-refractivity contribution in [2.75, 3.05) is 13.2 Å². The van der Waals surface area contributed by atoms with Gasteiger partial charge in [-0.2, -0.15) is 0 Å². The summed E-state index contributed by atoms with van der Waals surface area (Å²) < 4.78 is 5.80. The maximum atomic E-state index is 12.5. The first-order valence-electron chi connectivity index (χ1n) is 9.14. The zero-order valence-electron chi connectivity index (χ0n) is 15.4. The smallest absolute Gasteiger partial charge is 0.255 e. The predicted octanol–water partition coefficient (Wildman–Crippen LogP) is 3.04. The molecular formula is C22H24N2O3. The van der Waals surface area contributed by atoms with Crippen molar-refractivity contribution in [1.29, 1.82) is 0 Å². The number of fused-ring (bicyclic) bond motifs is 1. The Morgan fingerprint density at radius 3 is 2.56 bits per heavy atom. The number of hydrogen-bond acceptors (Lipinski definition) is 3. The van der Waals surface area contributed by atoms with E-state index >= 15 is 0 Å². The van der Waals surface area contributed by atoms with Crippen LogP contribution in [-0.2, 0) is 4.79 Å². The molecule has 0 spiro atoms. The van der Waals surface area contributed by atoms with Crippen molar-refractivity contribution in [3.63, 3.8) is 0 Å². The monoisotopic (exact) mass is 364 g/mol. The van der Waals surface area contributed by atoms with E-state index < -0.39 is 0 Å². The second-order valence-corrected chi connectivity index (χ2v) is 6.64. The van der Waals surface area contributed by atoms with Gasteiger partial charge in [-0.25, -0.2) is 0 Å². The van der Waals surface area contributed by atoms with Crippen LogP contribution in [0.25, 0.3) is 0 Å². The molecule has 0 fully saturated rings. The summed E-state index contributed by atoms with van der Waals surface area (Å²) in [5, 5.41) is 5.81. The first-order chi connectivity index (χ1) is 13.1. The van der Waals surface area contributed by atoms with Crippen molar-refractivity contribution in [2.45, 2.75) is 25.3 Å². The standard InChI is InChI=1S/C22H24N2O3/c1-16-15-23-21(25)14-18(17-8-3-2-4-9-17)10-7-13-27-20-12-6-5-11-19(20)22(26)24-16/h2-12,16,18H,13-15H2,1H3,(H,23,25)(H,24,26)/b10-7-/t16-,18?/m0/s1. The Balaban J connectivity index is 1.84. The van der Waals surface area contributed by atoms with E-state index in [-0.39, 0.29) is 23.8 Å². The molecule has 2 aromatic carbocycles. The van der Waals surface area contributed by atoms with Crippen LogP contribution in [0, 0.1) is 0 Å². The van der Waals surface area contributed by atoms with E-state index in [4.69, 9.17) is 4.74 Å². The minimum Gasteiger partial charge on any atom is -0.489 e. The molecule has 1 aliphatic rings. The predicted molar refractivity (Wildman–Crippen MR) is 105 cm³/mol. The highest BCUT2D eigenvalue weighted by Gasteiger charge is 2.17. The van der Waals surface area contributed by atoms with Crippen LogP contribution < -0.4 is 15.4 Å². The number of para-hydroxylation sites is 1. The molecule has 5 nitrogen and oxygen atoms in total. The number of carbonyl (C=O) groups is 2. The van der Waals surface area contributed by atoms with Gasteiger partial charge in [0.05, 0.1) is 5.56 Å². The average molecular weight is 364 g/mol. The summed E-state index contributed by atoms with van der Waals surface area (Å²) in [5.41, 5.74) is 1.57. The molecule has 0 saturated heterocycles. The summed E-state index contributed by atoms with van der Waals surface area (Å²) in [6, 6.07) is 16.9. The number of hydrogen-bond donors (Lipinski definition) is 2. The second-order valence-electron chi connectivity index (χ2n) is 6.64. The normalized spacial score (nSPS) is 22.4. The Bertz CT molecular complexity index is 817. The Hall–Kier alpha value is -3.08. The summed E-state index contributed by atoms with van der Waals surface area (Å²) in [4.78, 5) is 24.9. The summed E-state index contributed by atoms with van der Waals surface area (Å²) in [6.45, 7) is 2.56. The fourth-order valence-corrected chi connectivity index (χ4v) is 3.03. The molecule has 0 bridgehead atoms. The lowest BCUT2D eigenvalue weighted by Gasteiger charge is -2.19. The highest BCUT2D eigenvalue weighted by molar-refractivity contribution is 5.97. The molecule has 140 valence electrons. The van der Waals surface area contributed by atoms with Gasteiger partial charge in [-0.05, 0) is 24.6 Å². The van der Waals surface area contributed by atoms with E-state index in [1.54, 1.807) is 18.2 Å². The first kappa shape index (κ1) is 18.7. The van der Waals surface area contributed by atoms with Crippen LogP contribution in [0.4, 0.5) is 0 Å². The Kier molecular flexibility index (Phi) is 6.26. The molecule has 3 rings (SSSR count). The van der Waals surface area contributed by atoms with E-state index in [1.165, 1.54) is 0 Å². The maximum Gasteiger partial charge on any atom is 0.255 e. The molecule has 0 aliphatic carbocycles. The summed E-state index contributed by atoms with van der Waals surface area (Å²) >= 11 is 0. The van der Waals surface area contributed by atoms with Gasteiger partial charge in [-0.1, -0.05) is 54.6 Å². The largest absolute Gasteiger partial charge is 0.489 e. The zero-order valence-corrected chi connectivity index (χ0v) is 15.4. The van der Waals surface area contributed by atoms with Gasteiger partial charge in [-0.15, -0.1) is 0 Å². The van der Waals surface area contributed by atoms with Gasteiger partial charge >= 0.3 is 0 Å². The molecule has 2 amide bonds. The van der Waals surface area contributed by atoms with Crippen LogP contribution in [0.3, 0.4) is 0 Å². The molecule has 2 aromatic rings. The van der Waals surface area contributed by atoms with Crippen molar-refractivity contribution in [1.82, 2.24) is 10.6 Å². The number of amides is 2. The Labute approximate surface area is 159 Å². The van der Waals surface area contributed by atoms with E-state index in [1.807, 2.05) is 55.5 Å². The molecule has 27 heavy (non-hydrogen) atoms. The molecule has 1 aliphatic heterocycles. The number of nitrogens with one attached hydrogen (secondary N) is 2. The van der Waals surface area contributed by atoms with E-state index in [9.17, 15) is 9.59 Å². The van der Waals surface area contributed by atoms with Gasteiger partial charge in [-0.3, -0.25) is 9.59 Å². The lowest BCUT2D eigenvalue weighted by Crippen LogP contribution is -2.42. The van der Waals surface area contributed by atoms with E-state index in [0.717, 1.165) is 5.56 Å². The van der Waals surface area contributed by atoms with Crippen molar-refractivity contribution in [3.05, 3.63) is 77.9 Å². The quantitative estimate of drug-likeness (QED) is 0.765. The van der Waals surface area contributed by atoms with Gasteiger partial charge < -0.3 is 15.4 Å². The highest BCUT2D eigenvalue weighted by Crippen LogP contribution is 2.22. The molecule has 2 N–H and O–H groups in total. The summed E-state index contributed by atoms with van der Waals surface area (Å²) in [7, 11) is 0. The third kappa shape index (κ3) is 5.20. The molecule has 2 atom stereocenters. The minimum atomic E-state index is -0.212. The maximum absolute atomic E-state index is 12.5. The fourth-order valence-electron chi connectivity index (χ4n) is 3.03. The number of allylic oxidation sites excluding steroid dienone is 1. The molecule has 1 heterocycles. The van der Waals surface area contributed by atoms with E-state index in [0.29, 0.717) is 30.9 Å². The van der Waals surface area contributed by atoms with Gasteiger partial charge in [0.15, 0.2) is 0 Å². The first-order valence-corrected chi connectivity index (χ1v) is 9.14. The third-order valence-corrected chi connectivity index (χ3v) is 4.45. The lowest BCUT2D eigenvalue weighted by molar-refractivity contribution is -0.121. The van der Waals surface area contributed by atoms with Gasteiger partial charge in [0.1, 0.15) is 12.4 Å². The topological polar surface area (TPSA) is 67.4 Å². The van der Waals surface area contributed by atoms with E-state index in [2.05, 4.69) is 10.6 Å². The SMILES string of the molecule is C[C@H]1CNC(=O)CC(c2ccccc2)/C=C\COc2ccccc2C(=O)N1. The van der Waals surface area contributed by atoms with Crippen molar-refractivity contribution >= 4 is 11.8 Å². The molecule has 5 heteroatoms. The van der Waals surface area contributed by atoms with Gasteiger partial charge in [0, 0.05) is 24.9 Å². The zero-order chi connectivity index (χ0) is 19.1. The third-order valence-electron chi connectivity index (χ3n) is 4.45. The molecule has 0 radical (unpaired) electrons. The molecule has 0 saturated carbocycles. The summed E-state index contributed by atoms with van der Waals surface area (Å²) in [5.74, 6) is 0.255. The van der Waals surface area contributed by atoms with Crippen molar-refractivity contribution in [3.8, 4) is 5.75 Å². The van der Waals surface area contributed by atoms with Crippen LogP contribution in [-0.4, -0.2) is 31.0 Å². The number of rotatable bonds is 1. The minimum absolute atomic E-state index is 0.0297. The van der Waals surface area contributed by atoms with Crippen molar-refractivity contribution < 1.29 is 14.3 Å². The number of benzene rings is 2. The number of ether oxygens (including phenoxy) is 1. The second kappa shape index (κ2) is 9.03. The van der Waals surface area contributed by atoms with Crippen LogP contribution in [0.15, 0.2) is 66.7 Å². The fraction of sp³-hybridized carbons (Fsp3) is 0.273. The Morgan fingerprint density at radius 2 is 1.74 bits per heavy atom. The van der Waals surface area contributed by atoms with Crippen molar-refractivity contribution in [2.24, 2.45) is 0 Å². The average Bonchev–Trinajstić information content (AvgIpc) is 2.69. The summed E-state index contributed by atoms with van der Waals surface area (Å²) in [6.07, 6.45) is 4.23. The molecular weight excluding hydrogens is 340 g/mol. The van der Waals surface area contributed by atoms with Gasteiger partial charge in [0.2, 0.25) is 5.91 Å². The molecule has 0 aromatic heterocycles. The van der Waals surface area contributed by atoms with Crippen LogP contribution in [0.1, 0.15) is 35.2 Å². The van der Waals surface area contributed by atoms with Crippen LogP contribution in [0.2, 0.25) is 0 Å². The Morgan fingerprint density at radius 1 is 1.00 bits per heavy atom. The van der Waals surface area contributed by atoms with Crippen LogP contribution in [0.5, 0.6) is 5.75 Å². The molecule has 1 unspecified atom stereocenters. The number of carbonyl (C=O) groups excluding carboxylic acids is 2. The lowest BCUT2D eigenvalue weighted by atomic mass is 9.95. The van der Waals surface area contributed by atoms with Crippen LogP contribution >= 0.6 is 0 Å². The highest BCUT2D eigenvalue weighted by atomic mass is 16.5. The van der Waals surface area contributed by atoms with Gasteiger partial charge in [0.25, 0.3) is 5.91 Å².